The number of nitrogens with two attached hydrogens (primary N) is 2. The van der Waals surface area contributed by atoms with Gasteiger partial charge in [-0.1, -0.05) is 13.8 Å². The van der Waals surface area contributed by atoms with Crippen molar-refractivity contribution in [3.05, 3.63) is 0 Å². The molecular formula is C20H33N5O8. The summed E-state index contributed by atoms with van der Waals surface area (Å²) >= 11 is 0. The number of primary amides is 1. The molecule has 1 fully saturated rings. The van der Waals surface area contributed by atoms with E-state index in [4.69, 9.17) is 16.6 Å². The molecule has 33 heavy (non-hydrogen) atoms. The number of nitrogens with zero attached hydrogens (tertiary/aromatic N) is 1. The molecule has 0 aromatic heterocycles. The zero-order chi connectivity index (χ0) is 25.3. The number of amides is 4. The third-order valence-corrected chi connectivity index (χ3v) is 5.19. The molecule has 4 unspecified atom stereocenters. The third kappa shape index (κ3) is 9.04. The van der Waals surface area contributed by atoms with Crippen LogP contribution in [0.3, 0.4) is 0 Å². The summed E-state index contributed by atoms with van der Waals surface area (Å²) in [4.78, 5) is 72.9. The lowest BCUT2D eigenvalue weighted by Crippen LogP contribution is -2.57. The van der Waals surface area contributed by atoms with Gasteiger partial charge < -0.3 is 37.2 Å². The molecule has 8 N–H and O–H groups in total. The largest absolute Gasteiger partial charge is 0.481 e. The highest BCUT2D eigenvalue weighted by atomic mass is 16.4. The fraction of sp³-hybridized carbons (Fsp3) is 0.700. The summed E-state index contributed by atoms with van der Waals surface area (Å²) < 4.78 is 0. The van der Waals surface area contributed by atoms with Crippen LogP contribution in [0, 0.1) is 5.92 Å². The Bertz CT molecular complexity index is 772. The fourth-order valence-electron chi connectivity index (χ4n) is 3.57. The van der Waals surface area contributed by atoms with Crippen molar-refractivity contribution < 1.29 is 39.0 Å². The second-order valence-electron chi connectivity index (χ2n) is 8.49. The van der Waals surface area contributed by atoms with E-state index < -0.39 is 66.2 Å². The summed E-state index contributed by atoms with van der Waals surface area (Å²) in [7, 11) is 0. The van der Waals surface area contributed by atoms with Crippen molar-refractivity contribution in [1.29, 1.82) is 0 Å². The van der Waals surface area contributed by atoms with Crippen LogP contribution in [0.25, 0.3) is 0 Å². The zero-order valence-electron chi connectivity index (χ0n) is 18.8. The van der Waals surface area contributed by atoms with Crippen LogP contribution in [0.5, 0.6) is 0 Å². The van der Waals surface area contributed by atoms with Crippen LogP contribution in [0.2, 0.25) is 0 Å². The SMILES string of the molecule is CC(C)CC(NC(=O)C(N)CC(=O)O)C(=O)NC(CCC(N)=O)C(=O)N1CCCC1C(=O)O. The van der Waals surface area contributed by atoms with Crippen molar-refractivity contribution in [1.82, 2.24) is 15.5 Å². The first-order chi connectivity index (χ1) is 15.3. The van der Waals surface area contributed by atoms with Crippen LogP contribution >= 0.6 is 0 Å². The van der Waals surface area contributed by atoms with Crippen molar-refractivity contribution in [3.63, 3.8) is 0 Å². The Labute approximate surface area is 191 Å². The molecule has 0 aromatic rings. The molecule has 1 aliphatic heterocycles. The molecule has 0 bridgehead atoms. The normalized spacial score (nSPS) is 18.3. The van der Waals surface area contributed by atoms with Gasteiger partial charge in [0.05, 0.1) is 12.5 Å². The summed E-state index contributed by atoms with van der Waals surface area (Å²) in [5, 5.41) is 23.1. The van der Waals surface area contributed by atoms with Gasteiger partial charge in [0.15, 0.2) is 0 Å². The molecule has 4 amide bonds. The number of carbonyl (C=O) groups excluding carboxylic acids is 4. The highest BCUT2D eigenvalue weighted by Crippen LogP contribution is 2.20. The average Bonchev–Trinajstić information content (AvgIpc) is 3.19. The number of hydrogen-bond donors (Lipinski definition) is 6. The standard InChI is InChI=1S/C20H33N5O8/c1-10(2)8-13(24-17(29)11(21)9-16(27)28)18(30)23-12(5-6-15(22)26)19(31)25-7-3-4-14(25)20(32)33/h10-14H,3-9,21H2,1-2H3,(H2,22,26)(H,23,30)(H,24,29)(H,27,28)(H,32,33). The van der Waals surface area contributed by atoms with Gasteiger partial charge in [-0.15, -0.1) is 0 Å². The van der Waals surface area contributed by atoms with Crippen molar-refractivity contribution in [2.24, 2.45) is 17.4 Å². The molecule has 1 saturated heterocycles. The van der Waals surface area contributed by atoms with Crippen molar-refractivity contribution >= 4 is 35.6 Å². The first-order valence-electron chi connectivity index (χ1n) is 10.7. The lowest BCUT2D eigenvalue weighted by molar-refractivity contribution is -0.149. The predicted octanol–water partition coefficient (Wildman–Crippen LogP) is -1.85. The smallest absolute Gasteiger partial charge is 0.326 e. The van der Waals surface area contributed by atoms with Gasteiger partial charge in [0, 0.05) is 13.0 Å². The van der Waals surface area contributed by atoms with Gasteiger partial charge in [0.2, 0.25) is 23.6 Å². The van der Waals surface area contributed by atoms with E-state index in [-0.39, 0.29) is 38.1 Å². The fourth-order valence-corrected chi connectivity index (χ4v) is 3.57. The molecule has 186 valence electrons. The average molecular weight is 472 g/mol. The molecule has 0 radical (unpaired) electrons. The van der Waals surface area contributed by atoms with Crippen LogP contribution in [0.1, 0.15) is 52.4 Å². The number of carboxylic acid groups (broad SMARTS) is 2. The summed E-state index contributed by atoms with van der Waals surface area (Å²) in [6.45, 7) is 3.77. The molecule has 1 heterocycles. The van der Waals surface area contributed by atoms with Crippen molar-refractivity contribution in [2.75, 3.05) is 6.54 Å². The molecule has 0 aromatic carbocycles. The first kappa shape index (κ1) is 27.8. The van der Waals surface area contributed by atoms with Crippen LogP contribution in [0.4, 0.5) is 0 Å². The molecule has 0 aliphatic carbocycles. The van der Waals surface area contributed by atoms with Gasteiger partial charge in [-0.2, -0.15) is 0 Å². The number of carbonyl (C=O) groups is 6. The highest BCUT2D eigenvalue weighted by Gasteiger charge is 2.38. The Morgan fingerprint density at radius 1 is 1.03 bits per heavy atom. The number of carboxylic acids is 2. The van der Waals surface area contributed by atoms with E-state index in [0.717, 1.165) is 4.90 Å². The summed E-state index contributed by atoms with van der Waals surface area (Å²) in [6.07, 6.45) is -0.100. The van der Waals surface area contributed by atoms with E-state index in [1.165, 1.54) is 0 Å². The Balaban J connectivity index is 3.02. The molecular weight excluding hydrogens is 438 g/mol. The summed E-state index contributed by atoms with van der Waals surface area (Å²) in [5.74, 6) is -5.46. The van der Waals surface area contributed by atoms with Crippen LogP contribution < -0.4 is 22.1 Å². The van der Waals surface area contributed by atoms with Crippen molar-refractivity contribution in [2.45, 2.75) is 76.5 Å². The lowest BCUT2D eigenvalue weighted by Gasteiger charge is -2.29. The van der Waals surface area contributed by atoms with Crippen LogP contribution in [0.15, 0.2) is 0 Å². The minimum Gasteiger partial charge on any atom is -0.481 e. The van der Waals surface area contributed by atoms with Crippen molar-refractivity contribution in [3.8, 4) is 0 Å². The second kappa shape index (κ2) is 12.7. The predicted molar refractivity (Wildman–Crippen MR) is 114 cm³/mol. The van der Waals surface area contributed by atoms with Crippen LogP contribution in [-0.4, -0.2) is 81.4 Å². The van der Waals surface area contributed by atoms with E-state index in [2.05, 4.69) is 10.6 Å². The maximum Gasteiger partial charge on any atom is 0.326 e. The number of rotatable bonds is 13. The Kier molecular flexibility index (Phi) is 10.7. The Morgan fingerprint density at radius 3 is 2.15 bits per heavy atom. The van der Waals surface area contributed by atoms with Gasteiger partial charge in [-0.3, -0.25) is 24.0 Å². The summed E-state index contributed by atoms with van der Waals surface area (Å²) in [6, 6.07) is -4.77. The first-order valence-corrected chi connectivity index (χ1v) is 10.7. The van der Waals surface area contributed by atoms with Gasteiger partial charge in [-0.05, 0) is 31.6 Å². The van der Waals surface area contributed by atoms with E-state index in [9.17, 15) is 33.9 Å². The number of aliphatic carboxylic acids is 2. The lowest BCUT2D eigenvalue weighted by atomic mass is 10.0. The van der Waals surface area contributed by atoms with E-state index in [1.54, 1.807) is 13.8 Å². The molecule has 1 aliphatic rings. The van der Waals surface area contributed by atoms with Crippen LogP contribution in [-0.2, 0) is 28.8 Å². The monoisotopic (exact) mass is 471 g/mol. The third-order valence-electron chi connectivity index (χ3n) is 5.19. The van der Waals surface area contributed by atoms with Gasteiger partial charge >= 0.3 is 11.9 Å². The molecule has 13 heteroatoms. The number of nitrogens with one attached hydrogen (secondary N) is 2. The van der Waals surface area contributed by atoms with Gasteiger partial charge in [0.25, 0.3) is 0 Å². The molecule has 1 rings (SSSR count). The molecule has 4 atom stereocenters. The number of hydrogen-bond acceptors (Lipinski definition) is 7. The minimum atomic E-state index is -1.38. The molecule has 13 nitrogen and oxygen atoms in total. The summed E-state index contributed by atoms with van der Waals surface area (Å²) in [5.41, 5.74) is 10.7. The van der Waals surface area contributed by atoms with E-state index in [0.29, 0.717) is 6.42 Å². The van der Waals surface area contributed by atoms with Gasteiger partial charge in [0.1, 0.15) is 18.1 Å². The van der Waals surface area contributed by atoms with E-state index >= 15 is 0 Å². The quantitative estimate of drug-likeness (QED) is 0.177. The maximum atomic E-state index is 13.0. The molecule has 0 saturated carbocycles. The maximum absolute atomic E-state index is 13.0. The second-order valence-corrected chi connectivity index (χ2v) is 8.49. The van der Waals surface area contributed by atoms with E-state index in [1.807, 2.05) is 0 Å². The minimum absolute atomic E-state index is 0.0634. The molecule has 0 spiro atoms. The highest BCUT2D eigenvalue weighted by molar-refractivity contribution is 5.95. The Morgan fingerprint density at radius 2 is 1.64 bits per heavy atom. The topological polar surface area (TPSA) is 222 Å². The Hall–Kier alpha value is -3.22. The van der Waals surface area contributed by atoms with Gasteiger partial charge in [-0.25, -0.2) is 4.79 Å². The number of likely N-dealkylation sites (tertiary alicyclic amines) is 1. The zero-order valence-corrected chi connectivity index (χ0v) is 18.8.